The van der Waals surface area contributed by atoms with E-state index in [9.17, 15) is 0 Å². The first-order valence-electron chi connectivity index (χ1n) is 30.1. The number of carbonyl (C=O) groups excluding carboxylic acids is 2. The SMILES string of the molecule is CCCCC(CC)Cc1sc(-c2c3cc(-c4ccc(-c5sc(-c6cccs6)c6c5C(=O)c5c(CC(CC)CCCC)sc(CC(CC)CCCC)c5C6=O)s4)sc3c(-c3cc(Cl)c(CC(CC)CCCC)s3)c3ccsc23)cc1Cl. The number of hydrogen-bond acceptors (Lipinski definition) is 10. The third kappa shape index (κ3) is 12.4. The summed E-state index contributed by atoms with van der Waals surface area (Å²) < 4.78 is 2.56. The maximum Gasteiger partial charge on any atom is 0.197 e. The molecule has 1 aromatic carbocycles. The first-order chi connectivity index (χ1) is 39.0. The molecule has 12 heteroatoms. The average molecular weight is 1250 g/mol. The highest BCUT2D eigenvalue weighted by Crippen LogP contribution is 2.57. The monoisotopic (exact) mass is 1250 g/mol. The van der Waals surface area contributed by atoms with Crippen molar-refractivity contribution in [1.82, 2.24) is 0 Å². The summed E-state index contributed by atoms with van der Waals surface area (Å²) in [4.78, 5) is 45.1. The number of benzene rings is 1. The highest BCUT2D eigenvalue weighted by atomic mass is 35.5. The number of carbonyl (C=O) groups is 2. The lowest BCUT2D eigenvalue weighted by Crippen LogP contribution is -2.22. The molecule has 8 heterocycles. The van der Waals surface area contributed by atoms with E-state index in [1.54, 1.807) is 45.3 Å². The van der Waals surface area contributed by atoms with E-state index in [2.05, 4.69) is 115 Å². The van der Waals surface area contributed by atoms with E-state index >= 15 is 9.59 Å². The average Bonchev–Trinajstić information content (AvgIpc) is 4.39. The first kappa shape index (κ1) is 60.4. The fraction of sp³-hybridized carbons (Fsp3) is 0.471. The fourth-order valence-electron chi connectivity index (χ4n) is 12.2. The van der Waals surface area contributed by atoms with E-state index in [1.165, 1.54) is 107 Å². The molecule has 0 radical (unpaired) electrons. The molecule has 80 heavy (non-hydrogen) atoms. The minimum absolute atomic E-state index is 0.0495. The molecule has 9 aromatic rings. The van der Waals surface area contributed by atoms with Gasteiger partial charge in [0.15, 0.2) is 11.6 Å². The van der Waals surface area contributed by atoms with Gasteiger partial charge in [-0.25, -0.2) is 0 Å². The maximum atomic E-state index is 15.9. The van der Waals surface area contributed by atoms with E-state index in [1.807, 2.05) is 45.3 Å². The molecule has 2 nitrogen and oxygen atoms in total. The molecule has 1 aliphatic rings. The van der Waals surface area contributed by atoms with Crippen molar-refractivity contribution >= 4 is 146 Å². The quantitative estimate of drug-likeness (QED) is 0.0468. The van der Waals surface area contributed by atoms with Crippen LogP contribution in [-0.4, -0.2) is 11.6 Å². The van der Waals surface area contributed by atoms with Gasteiger partial charge in [-0.1, -0.05) is 187 Å². The van der Waals surface area contributed by atoms with Gasteiger partial charge in [-0.3, -0.25) is 9.59 Å². The molecule has 0 aliphatic heterocycles. The highest BCUT2D eigenvalue weighted by molar-refractivity contribution is 7.31. The Labute approximate surface area is 519 Å². The van der Waals surface area contributed by atoms with E-state index < -0.39 is 0 Å². The smallest absolute Gasteiger partial charge is 0.197 e. The van der Waals surface area contributed by atoms with Crippen LogP contribution in [0.15, 0.2) is 59.3 Å². The lowest BCUT2D eigenvalue weighted by molar-refractivity contribution is 0.0980. The predicted octanol–water partition coefficient (Wildman–Crippen LogP) is 25.9. The van der Waals surface area contributed by atoms with Crippen LogP contribution in [0, 0.1) is 23.7 Å². The number of thiophene rings is 8. The van der Waals surface area contributed by atoms with Crippen molar-refractivity contribution in [1.29, 1.82) is 0 Å². The minimum atomic E-state index is 0.0495. The van der Waals surface area contributed by atoms with Crippen molar-refractivity contribution in [3.63, 3.8) is 0 Å². The number of fused-ring (bicyclic) bond motifs is 4. The molecule has 4 atom stereocenters. The molecule has 4 unspecified atom stereocenters. The third-order valence-electron chi connectivity index (χ3n) is 17.2. The molecule has 0 saturated heterocycles. The van der Waals surface area contributed by atoms with Crippen molar-refractivity contribution in [2.75, 3.05) is 0 Å². The molecule has 0 spiro atoms. The van der Waals surface area contributed by atoms with Gasteiger partial charge in [0.25, 0.3) is 0 Å². The largest absolute Gasteiger partial charge is 0.288 e. The second-order valence-electron chi connectivity index (χ2n) is 22.5. The summed E-state index contributed by atoms with van der Waals surface area (Å²) in [7, 11) is 0. The normalized spacial score (nSPS) is 14.2. The van der Waals surface area contributed by atoms with Crippen LogP contribution in [0.2, 0.25) is 10.0 Å². The van der Waals surface area contributed by atoms with Crippen LogP contribution in [0.4, 0.5) is 0 Å². The number of hydrogen-bond donors (Lipinski definition) is 0. The van der Waals surface area contributed by atoms with Crippen LogP contribution >= 0.6 is 114 Å². The fourth-order valence-corrected chi connectivity index (χ4v) is 22.7. The van der Waals surface area contributed by atoms with Gasteiger partial charge in [0, 0.05) is 91.2 Å². The summed E-state index contributed by atoms with van der Waals surface area (Å²) in [6.45, 7) is 18.3. The molecule has 10 rings (SSSR count). The van der Waals surface area contributed by atoms with Crippen molar-refractivity contribution in [2.45, 2.75) is 184 Å². The van der Waals surface area contributed by atoms with Crippen molar-refractivity contribution < 1.29 is 9.59 Å². The molecule has 424 valence electrons. The molecule has 0 fully saturated rings. The summed E-state index contributed by atoms with van der Waals surface area (Å²) >= 11 is 28.9. The zero-order valence-electron chi connectivity index (χ0n) is 48.1. The zero-order chi connectivity index (χ0) is 56.2. The van der Waals surface area contributed by atoms with Gasteiger partial charge in [-0.2, -0.15) is 0 Å². The molecule has 8 aromatic heterocycles. The Hall–Kier alpha value is -2.74. The standard InChI is InChI=1S/C68H78Cl2O2S8/c1-9-17-22-39(13-5)32-50-45(69)37-55(76-50)57-43-29-31-74-65(43)58(56-38-46(70)51(77-56)33-40(14-6)23-18-10-2)44-36-52(79-66(44)57)47-27-28-49(75-47)68-62-61(67(80-68)48-26-21-30-73-48)63(71)59-53(34-41(15-7)24-19-11-3)78-54(60(59)64(62)72)35-42(16-8)25-20-12-4/h21,26-31,36-42H,9-20,22-25,32-35H2,1-8H3. The highest BCUT2D eigenvalue weighted by Gasteiger charge is 2.42. The Morgan fingerprint density at radius 3 is 1.34 bits per heavy atom. The predicted molar refractivity (Wildman–Crippen MR) is 363 cm³/mol. The summed E-state index contributed by atoms with van der Waals surface area (Å²) in [5, 5.41) is 8.64. The van der Waals surface area contributed by atoms with Crippen molar-refractivity contribution in [3.05, 3.63) is 111 Å². The Balaban J connectivity index is 1.12. The third-order valence-corrected chi connectivity index (χ3v) is 27.4. The van der Waals surface area contributed by atoms with Crippen LogP contribution in [0.25, 0.3) is 70.3 Å². The minimum Gasteiger partial charge on any atom is -0.288 e. The first-order valence-corrected chi connectivity index (χ1v) is 37.5. The lowest BCUT2D eigenvalue weighted by Gasteiger charge is -2.19. The van der Waals surface area contributed by atoms with Gasteiger partial charge < -0.3 is 0 Å². The summed E-state index contributed by atoms with van der Waals surface area (Å²) in [6.07, 6.45) is 22.5. The molecular formula is C68H78Cl2O2S8. The number of ketones is 2. The van der Waals surface area contributed by atoms with E-state index in [-0.39, 0.29) is 11.6 Å². The molecule has 0 bridgehead atoms. The van der Waals surface area contributed by atoms with Crippen LogP contribution in [0.3, 0.4) is 0 Å². The maximum absolute atomic E-state index is 15.9. The Kier molecular flexibility index (Phi) is 20.8. The molecule has 1 aliphatic carbocycles. The van der Waals surface area contributed by atoms with Gasteiger partial charge in [-0.15, -0.1) is 90.7 Å². The Bertz CT molecular complexity index is 3450. The van der Waals surface area contributed by atoms with E-state index in [0.717, 1.165) is 127 Å². The van der Waals surface area contributed by atoms with E-state index in [0.29, 0.717) is 40.4 Å². The van der Waals surface area contributed by atoms with Crippen molar-refractivity contribution in [2.24, 2.45) is 23.7 Å². The molecule has 0 saturated carbocycles. The van der Waals surface area contributed by atoms with Gasteiger partial charge in [-0.05, 0) is 103 Å². The van der Waals surface area contributed by atoms with Crippen LogP contribution < -0.4 is 0 Å². The van der Waals surface area contributed by atoms with Gasteiger partial charge in [0.2, 0.25) is 0 Å². The molecular weight excluding hydrogens is 1180 g/mol. The van der Waals surface area contributed by atoms with E-state index in [4.69, 9.17) is 23.2 Å². The molecule has 0 amide bonds. The molecule has 0 N–H and O–H groups in total. The van der Waals surface area contributed by atoms with Gasteiger partial charge in [0.1, 0.15) is 0 Å². The number of halogens is 2. The lowest BCUT2D eigenvalue weighted by atomic mass is 9.81. The number of rotatable bonds is 29. The zero-order valence-corrected chi connectivity index (χ0v) is 56.1. The van der Waals surface area contributed by atoms with Gasteiger partial charge >= 0.3 is 0 Å². The van der Waals surface area contributed by atoms with Crippen LogP contribution in [-0.2, 0) is 25.7 Å². The second kappa shape index (κ2) is 27.5. The number of unbranched alkanes of at least 4 members (excludes halogenated alkanes) is 4. The van der Waals surface area contributed by atoms with Crippen LogP contribution in [0.1, 0.15) is 209 Å². The Morgan fingerprint density at radius 1 is 0.388 bits per heavy atom. The van der Waals surface area contributed by atoms with Crippen molar-refractivity contribution in [3.8, 4) is 50.1 Å². The summed E-state index contributed by atoms with van der Waals surface area (Å²) in [5.41, 5.74) is 5.22. The Morgan fingerprint density at radius 2 is 0.863 bits per heavy atom. The summed E-state index contributed by atoms with van der Waals surface area (Å²) in [5.74, 6) is 2.29. The topological polar surface area (TPSA) is 34.1 Å². The van der Waals surface area contributed by atoms with Gasteiger partial charge in [0.05, 0.1) is 30.9 Å². The second-order valence-corrected chi connectivity index (χ2v) is 31.8. The van der Waals surface area contributed by atoms with Crippen LogP contribution in [0.5, 0.6) is 0 Å². The summed E-state index contributed by atoms with van der Waals surface area (Å²) in [6, 6.07) is 18.0.